The van der Waals surface area contributed by atoms with Gasteiger partial charge in [0.05, 0.1) is 12.5 Å². The highest BCUT2D eigenvalue weighted by molar-refractivity contribution is 5.88. The van der Waals surface area contributed by atoms with Crippen LogP contribution < -0.4 is 15.4 Å². The van der Waals surface area contributed by atoms with E-state index < -0.39 is 5.41 Å². The molecule has 0 spiro atoms. The van der Waals surface area contributed by atoms with E-state index in [2.05, 4.69) is 10.6 Å². The van der Waals surface area contributed by atoms with Crippen molar-refractivity contribution in [2.24, 2.45) is 0 Å². The van der Waals surface area contributed by atoms with Crippen LogP contribution in [-0.4, -0.2) is 32.5 Å². The Morgan fingerprint density at radius 1 is 1.30 bits per heavy atom. The molecule has 2 N–H and O–H groups in total. The third-order valence-electron chi connectivity index (χ3n) is 3.21. The minimum absolute atomic E-state index is 0.0619. The maximum atomic E-state index is 12.3. The molecule has 1 rings (SSSR count). The number of hydrogen-bond acceptors (Lipinski definition) is 3. The molecule has 0 saturated carbocycles. The molecular weight excluding hydrogens is 256 g/mol. The second-order valence-corrected chi connectivity index (χ2v) is 5.01. The number of nitrogens with one attached hydrogen (secondary N) is 2. The second kappa shape index (κ2) is 7.53. The molecule has 0 aliphatic rings. The molecule has 0 radical (unpaired) electrons. The van der Waals surface area contributed by atoms with Crippen LogP contribution in [0.4, 0.5) is 0 Å². The highest BCUT2D eigenvalue weighted by Gasteiger charge is 2.32. The molecule has 1 aromatic rings. The molecule has 0 bridgehead atoms. The normalized spacial score (nSPS) is 10.8. The van der Waals surface area contributed by atoms with Crippen molar-refractivity contribution in [3.63, 3.8) is 0 Å². The minimum Gasteiger partial charge on any atom is -0.496 e. The van der Waals surface area contributed by atoms with Crippen LogP contribution in [0, 0.1) is 0 Å². The monoisotopic (exact) mass is 278 g/mol. The van der Waals surface area contributed by atoms with Gasteiger partial charge in [-0.1, -0.05) is 18.2 Å². The third-order valence-corrected chi connectivity index (χ3v) is 3.21. The summed E-state index contributed by atoms with van der Waals surface area (Å²) in [5.74, 6) is 0.642. The summed E-state index contributed by atoms with van der Waals surface area (Å²) >= 11 is 0. The summed E-state index contributed by atoms with van der Waals surface area (Å²) in [4.78, 5) is 22.4. The summed E-state index contributed by atoms with van der Waals surface area (Å²) < 4.78 is 5.31. The summed E-state index contributed by atoms with van der Waals surface area (Å²) in [6.45, 7) is 4.81. The number of methoxy groups -OCH3 is 1. The fourth-order valence-corrected chi connectivity index (χ4v) is 1.96. The van der Waals surface area contributed by atoms with Crippen molar-refractivity contribution in [1.82, 2.24) is 10.6 Å². The van der Waals surface area contributed by atoms with Crippen molar-refractivity contribution in [2.45, 2.75) is 25.7 Å². The Labute approximate surface area is 119 Å². The van der Waals surface area contributed by atoms with Crippen molar-refractivity contribution in [1.29, 1.82) is 0 Å². The molecule has 0 aromatic heterocycles. The van der Waals surface area contributed by atoms with Crippen LogP contribution in [0.1, 0.15) is 25.8 Å². The van der Waals surface area contributed by atoms with E-state index in [1.807, 2.05) is 38.1 Å². The van der Waals surface area contributed by atoms with Crippen molar-refractivity contribution in [3.05, 3.63) is 29.8 Å². The van der Waals surface area contributed by atoms with Crippen LogP contribution in [0.3, 0.4) is 0 Å². The van der Waals surface area contributed by atoms with Crippen LogP contribution in [-0.2, 0) is 15.0 Å². The first-order chi connectivity index (χ1) is 9.54. The molecule has 5 heteroatoms. The molecule has 110 valence electrons. The van der Waals surface area contributed by atoms with E-state index >= 15 is 0 Å². The Balaban J connectivity index is 2.67. The topological polar surface area (TPSA) is 67.4 Å². The predicted molar refractivity (Wildman–Crippen MR) is 77.7 cm³/mol. The van der Waals surface area contributed by atoms with Crippen LogP contribution in [0.25, 0.3) is 0 Å². The quantitative estimate of drug-likeness (QED) is 0.555. The van der Waals surface area contributed by atoms with Crippen molar-refractivity contribution in [3.8, 4) is 5.75 Å². The first kappa shape index (κ1) is 16.0. The van der Waals surface area contributed by atoms with E-state index in [0.29, 0.717) is 31.7 Å². The van der Waals surface area contributed by atoms with Gasteiger partial charge in [-0.15, -0.1) is 0 Å². The number of ether oxygens (including phenoxy) is 1. The highest BCUT2D eigenvalue weighted by Crippen LogP contribution is 2.31. The van der Waals surface area contributed by atoms with Gasteiger partial charge in [-0.25, -0.2) is 0 Å². The van der Waals surface area contributed by atoms with Crippen molar-refractivity contribution in [2.75, 3.05) is 20.2 Å². The first-order valence-corrected chi connectivity index (χ1v) is 6.63. The minimum atomic E-state index is -0.676. The zero-order valence-electron chi connectivity index (χ0n) is 12.2. The number of para-hydroxylation sites is 1. The lowest BCUT2D eigenvalue weighted by Gasteiger charge is -2.26. The molecule has 0 saturated heterocycles. The largest absolute Gasteiger partial charge is 0.496 e. The van der Waals surface area contributed by atoms with Crippen molar-refractivity contribution < 1.29 is 14.3 Å². The maximum Gasteiger partial charge on any atom is 0.230 e. The SMILES string of the molecule is COc1ccccc1C(C)(C)C(=O)NCCCNC=O. The van der Waals surface area contributed by atoms with Gasteiger partial charge in [0.2, 0.25) is 12.3 Å². The molecule has 0 fully saturated rings. The Morgan fingerprint density at radius 3 is 2.65 bits per heavy atom. The summed E-state index contributed by atoms with van der Waals surface area (Å²) in [6.07, 6.45) is 1.35. The number of benzene rings is 1. The Morgan fingerprint density at radius 2 is 2.00 bits per heavy atom. The van der Waals surface area contributed by atoms with Crippen molar-refractivity contribution >= 4 is 12.3 Å². The van der Waals surface area contributed by atoms with E-state index in [0.717, 1.165) is 5.56 Å². The van der Waals surface area contributed by atoms with Gasteiger partial charge in [0.1, 0.15) is 5.75 Å². The van der Waals surface area contributed by atoms with Gasteiger partial charge < -0.3 is 15.4 Å². The average Bonchev–Trinajstić information content (AvgIpc) is 2.46. The number of carbonyl (C=O) groups is 2. The van der Waals surface area contributed by atoms with Crippen LogP contribution in [0.5, 0.6) is 5.75 Å². The van der Waals surface area contributed by atoms with Gasteiger partial charge >= 0.3 is 0 Å². The molecule has 0 unspecified atom stereocenters. The van der Waals surface area contributed by atoms with Gasteiger partial charge in [-0.2, -0.15) is 0 Å². The van der Waals surface area contributed by atoms with Gasteiger partial charge in [0.15, 0.2) is 0 Å². The molecule has 2 amide bonds. The molecule has 0 aliphatic heterocycles. The molecule has 20 heavy (non-hydrogen) atoms. The Kier molecular flexibility index (Phi) is 6.03. The zero-order chi connectivity index (χ0) is 15.0. The smallest absolute Gasteiger partial charge is 0.230 e. The van der Waals surface area contributed by atoms with Gasteiger partial charge in [0, 0.05) is 18.7 Å². The lowest BCUT2D eigenvalue weighted by molar-refractivity contribution is -0.125. The number of hydrogen-bond donors (Lipinski definition) is 2. The predicted octanol–water partition coefficient (Wildman–Crippen LogP) is 1.23. The highest BCUT2D eigenvalue weighted by atomic mass is 16.5. The molecule has 0 aliphatic carbocycles. The van der Waals surface area contributed by atoms with E-state index in [1.165, 1.54) is 0 Å². The van der Waals surface area contributed by atoms with Crippen LogP contribution >= 0.6 is 0 Å². The van der Waals surface area contributed by atoms with Gasteiger partial charge in [-0.3, -0.25) is 9.59 Å². The lowest BCUT2D eigenvalue weighted by atomic mass is 9.83. The fraction of sp³-hybridized carbons (Fsp3) is 0.467. The van der Waals surface area contributed by atoms with E-state index in [9.17, 15) is 9.59 Å². The third kappa shape index (κ3) is 3.98. The number of amides is 2. The lowest BCUT2D eigenvalue weighted by Crippen LogP contribution is -2.41. The molecule has 0 heterocycles. The fourth-order valence-electron chi connectivity index (χ4n) is 1.96. The second-order valence-electron chi connectivity index (χ2n) is 5.01. The van der Waals surface area contributed by atoms with E-state index in [1.54, 1.807) is 7.11 Å². The zero-order valence-corrected chi connectivity index (χ0v) is 12.2. The standard InChI is InChI=1S/C15H22N2O3/c1-15(2,12-7-4-5-8-13(12)20-3)14(19)17-10-6-9-16-11-18/h4-5,7-8,11H,6,9-10H2,1-3H3,(H,16,18)(H,17,19). The summed E-state index contributed by atoms with van der Waals surface area (Å²) in [5.41, 5.74) is 0.177. The number of rotatable bonds is 8. The molecule has 1 aromatic carbocycles. The maximum absolute atomic E-state index is 12.3. The summed E-state index contributed by atoms with van der Waals surface area (Å²) in [5, 5.41) is 5.44. The molecule has 0 atom stereocenters. The van der Waals surface area contributed by atoms with E-state index in [4.69, 9.17) is 4.74 Å². The summed E-state index contributed by atoms with van der Waals surface area (Å²) in [7, 11) is 1.60. The van der Waals surface area contributed by atoms with Crippen LogP contribution in [0.2, 0.25) is 0 Å². The first-order valence-electron chi connectivity index (χ1n) is 6.63. The molecule has 5 nitrogen and oxygen atoms in total. The van der Waals surface area contributed by atoms with E-state index in [-0.39, 0.29) is 5.91 Å². The Hall–Kier alpha value is -2.04. The van der Waals surface area contributed by atoms with Crippen LogP contribution in [0.15, 0.2) is 24.3 Å². The Bertz CT molecular complexity index is 458. The number of carbonyl (C=O) groups excluding carboxylic acids is 2. The average molecular weight is 278 g/mol. The summed E-state index contributed by atoms with van der Waals surface area (Å²) in [6, 6.07) is 7.51. The van der Waals surface area contributed by atoms with Gasteiger partial charge in [0.25, 0.3) is 0 Å². The molecular formula is C15H22N2O3. The van der Waals surface area contributed by atoms with Gasteiger partial charge in [-0.05, 0) is 26.3 Å².